The number of ether oxygens (including phenoxy) is 1. The average Bonchev–Trinajstić information content (AvgIpc) is 2.94. The predicted octanol–water partition coefficient (Wildman–Crippen LogP) is 2.42. The Morgan fingerprint density at radius 1 is 1.47 bits per heavy atom. The van der Waals surface area contributed by atoms with Crippen LogP contribution in [0.2, 0.25) is 0 Å². The van der Waals surface area contributed by atoms with Crippen LogP contribution in [0.1, 0.15) is 25.3 Å². The largest absolute Gasteiger partial charge is 0.445 e. The first-order chi connectivity index (χ1) is 9.22. The topological polar surface area (TPSA) is 49.8 Å². The molecule has 0 aliphatic carbocycles. The molecule has 1 aromatic carbocycles. The molecule has 104 valence electrons. The Balaban J connectivity index is 1.89. The first-order valence-corrected chi connectivity index (χ1v) is 6.80. The van der Waals surface area contributed by atoms with Gasteiger partial charge in [0.15, 0.2) is 0 Å². The molecule has 19 heavy (non-hydrogen) atoms. The number of likely N-dealkylation sites (tertiary alicyclic amines) is 1. The molecule has 1 aromatic rings. The fourth-order valence-electron chi connectivity index (χ4n) is 2.53. The third kappa shape index (κ3) is 3.47. The second kappa shape index (κ2) is 6.57. The Morgan fingerprint density at radius 3 is 2.89 bits per heavy atom. The van der Waals surface area contributed by atoms with Crippen LogP contribution < -0.4 is 0 Å². The third-order valence-corrected chi connectivity index (χ3v) is 3.68. The van der Waals surface area contributed by atoms with Gasteiger partial charge < -0.3 is 14.7 Å². The molecule has 0 unspecified atom stereocenters. The molecule has 1 heterocycles. The van der Waals surface area contributed by atoms with E-state index in [1.54, 1.807) is 4.90 Å². The van der Waals surface area contributed by atoms with E-state index in [2.05, 4.69) is 0 Å². The van der Waals surface area contributed by atoms with Crippen molar-refractivity contribution in [3.63, 3.8) is 0 Å². The number of amides is 1. The molecular weight excluding hydrogens is 242 g/mol. The molecule has 1 amide bonds. The van der Waals surface area contributed by atoms with Crippen LogP contribution in [-0.4, -0.2) is 35.3 Å². The highest BCUT2D eigenvalue weighted by molar-refractivity contribution is 5.68. The maximum atomic E-state index is 12.1. The van der Waals surface area contributed by atoms with Gasteiger partial charge in [-0.2, -0.15) is 0 Å². The maximum Gasteiger partial charge on any atom is 0.410 e. The average molecular weight is 263 g/mol. The predicted molar refractivity (Wildman–Crippen MR) is 72.6 cm³/mol. The quantitative estimate of drug-likeness (QED) is 0.907. The van der Waals surface area contributed by atoms with E-state index < -0.39 is 0 Å². The lowest BCUT2D eigenvalue weighted by molar-refractivity contribution is 0.0747. The van der Waals surface area contributed by atoms with Crippen LogP contribution in [-0.2, 0) is 11.3 Å². The Hall–Kier alpha value is -1.55. The van der Waals surface area contributed by atoms with E-state index in [9.17, 15) is 9.90 Å². The van der Waals surface area contributed by atoms with E-state index >= 15 is 0 Å². The normalized spacial score (nSPS) is 20.3. The van der Waals surface area contributed by atoms with Gasteiger partial charge in [0.05, 0.1) is 0 Å². The van der Waals surface area contributed by atoms with Gasteiger partial charge in [-0.3, -0.25) is 0 Å². The number of rotatable bonds is 4. The second-order valence-electron chi connectivity index (χ2n) is 5.10. The van der Waals surface area contributed by atoms with Gasteiger partial charge in [-0.25, -0.2) is 4.79 Å². The summed E-state index contributed by atoms with van der Waals surface area (Å²) in [5.41, 5.74) is 0.988. The summed E-state index contributed by atoms with van der Waals surface area (Å²) in [5.74, 6) is 0.103. The molecular formula is C15H21NO3. The molecule has 0 radical (unpaired) electrons. The zero-order chi connectivity index (χ0) is 13.7. The maximum absolute atomic E-state index is 12.1. The van der Waals surface area contributed by atoms with Crippen molar-refractivity contribution in [3.8, 4) is 0 Å². The molecule has 1 aliphatic rings. The van der Waals surface area contributed by atoms with Crippen LogP contribution in [0.3, 0.4) is 0 Å². The smallest absolute Gasteiger partial charge is 0.410 e. The number of benzene rings is 1. The molecule has 0 aromatic heterocycles. The molecule has 4 heteroatoms. The minimum absolute atomic E-state index is 0.103. The van der Waals surface area contributed by atoms with Crippen molar-refractivity contribution >= 4 is 6.09 Å². The van der Waals surface area contributed by atoms with Crippen LogP contribution in [0.15, 0.2) is 30.3 Å². The van der Waals surface area contributed by atoms with E-state index in [0.717, 1.165) is 24.9 Å². The molecule has 0 bridgehead atoms. The lowest BCUT2D eigenvalue weighted by Crippen LogP contribution is -2.40. The second-order valence-corrected chi connectivity index (χ2v) is 5.10. The summed E-state index contributed by atoms with van der Waals surface area (Å²) >= 11 is 0. The van der Waals surface area contributed by atoms with Gasteiger partial charge in [-0.15, -0.1) is 0 Å². The first-order valence-electron chi connectivity index (χ1n) is 6.80. The minimum atomic E-state index is -0.272. The number of carbonyl (C=O) groups is 1. The van der Waals surface area contributed by atoms with Crippen LogP contribution >= 0.6 is 0 Å². The molecule has 2 rings (SSSR count). The molecule has 1 saturated heterocycles. The number of hydrogen-bond acceptors (Lipinski definition) is 3. The van der Waals surface area contributed by atoms with E-state index in [1.807, 2.05) is 37.3 Å². The van der Waals surface area contributed by atoms with Gasteiger partial charge in [-0.05, 0) is 24.3 Å². The molecule has 2 atom stereocenters. The highest BCUT2D eigenvalue weighted by atomic mass is 16.6. The van der Waals surface area contributed by atoms with Crippen LogP contribution in [0.4, 0.5) is 4.79 Å². The van der Waals surface area contributed by atoms with E-state index in [1.165, 1.54) is 0 Å². The van der Waals surface area contributed by atoms with Crippen molar-refractivity contribution in [1.29, 1.82) is 0 Å². The van der Waals surface area contributed by atoms with Crippen LogP contribution in [0.25, 0.3) is 0 Å². The monoisotopic (exact) mass is 263 g/mol. The number of nitrogens with zero attached hydrogens (tertiary/aromatic N) is 1. The molecule has 0 spiro atoms. The number of carbonyl (C=O) groups excluding carboxylic acids is 1. The minimum Gasteiger partial charge on any atom is -0.445 e. The number of aliphatic hydroxyl groups excluding tert-OH is 1. The van der Waals surface area contributed by atoms with Crippen molar-refractivity contribution < 1.29 is 14.6 Å². The Bertz CT molecular complexity index is 407. The zero-order valence-corrected chi connectivity index (χ0v) is 11.3. The highest BCUT2D eigenvalue weighted by Gasteiger charge is 2.33. The molecule has 1 aliphatic heterocycles. The molecule has 1 N–H and O–H groups in total. The van der Waals surface area contributed by atoms with Crippen LogP contribution in [0.5, 0.6) is 0 Å². The fraction of sp³-hybridized carbons (Fsp3) is 0.533. The Labute approximate surface area is 114 Å². The number of aliphatic hydroxyl groups is 1. The standard InChI is InChI=1S/C15H21NO3/c1-12(10-17)14-8-5-9-16(14)15(18)19-11-13-6-3-2-4-7-13/h2-4,6-7,12,14,17H,5,8-11H2,1H3/t12-,14+/m1/s1. The fourth-order valence-corrected chi connectivity index (χ4v) is 2.53. The van der Waals surface area contributed by atoms with E-state index in [4.69, 9.17) is 4.74 Å². The summed E-state index contributed by atoms with van der Waals surface area (Å²) in [5, 5.41) is 9.22. The molecule has 0 saturated carbocycles. The van der Waals surface area contributed by atoms with Crippen molar-refractivity contribution in [2.75, 3.05) is 13.2 Å². The summed E-state index contributed by atoms with van der Waals surface area (Å²) in [7, 11) is 0. The third-order valence-electron chi connectivity index (χ3n) is 3.68. The van der Waals surface area contributed by atoms with E-state index in [-0.39, 0.29) is 24.7 Å². The van der Waals surface area contributed by atoms with Gasteiger partial charge >= 0.3 is 6.09 Å². The van der Waals surface area contributed by atoms with Crippen molar-refractivity contribution in [2.24, 2.45) is 5.92 Å². The summed E-state index contributed by atoms with van der Waals surface area (Å²) in [6, 6.07) is 9.76. The van der Waals surface area contributed by atoms with E-state index in [0.29, 0.717) is 6.61 Å². The van der Waals surface area contributed by atoms with Gasteiger partial charge in [-0.1, -0.05) is 37.3 Å². The van der Waals surface area contributed by atoms with Crippen molar-refractivity contribution in [1.82, 2.24) is 4.90 Å². The summed E-state index contributed by atoms with van der Waals surface area (Å²) in [4.78, 5) is 13.8. The summed E-state index contributed by atoms with van der Waals surface area (Å²) in [6.07, 6.45) is 1.66. The Morgan fingerprint density at radius 2 is 2.21 bits per heavy atom. The van der Waals surface area contributed by atoms with Crippen molar-refractivity contribution in [2.45, 2.75) is 32.4 Å². The molecule has 1 fully saturated rings. The number of hydrogen-bond donors (Lipinski definition) is 1. The van der Waals surface area contributed by atoms with Gasteiger partial charge in [0.2, 0.25) is 0 Å². The van der Waals surface area contributed by atoms with Gasteiger partial charge in [0.25, 0.3) is 0 Å². The zero-order valence-electron chi connectivity index (χ0n) is 11.3. The van der Waals surface area contributed by atoms with Gasteiger partial charge in [0.1, 0.15) is 6.61 Å². The SMILES string of the molecule is C[C@H](CO)[C@@H]1CCCN1C(=O)OCc1ccccc1. The lowest BCUT2D eigenvalue weighted by atomic mass is 10.0. The van der Waals surface area contributed by atoms with Gasteiger partial charge in [0, 0.05) is 19.2 Å². The Kier molecular flexibility index (Phi) is 4.80. The highest BCUT2D eigenvalue weighted by Crippen LogP contribution is 2.24. The lowest BCUT2D eigenvalue weighted by Gasteiger charge is -2.27. The first kappa shape index (κ1) is 13.9. The van der Waals surface area contributed by atoms with Crippen LogP contribution in [0, 0.1) is 5.92 Å². The summed E-state index contributed by atoms with van der Waals surface area (Å²) < 4.78 is 5.34. The summed E-state index contributed by atoms with van der Waals surface area (Å²) in [6.45, 7) is 3.10. The molecule has 4 nitrogen and oxygen atoms in total. The van der Waals surface area contributed by atoms with Crippen molar-refractivity contribution in [3.05, 3.63) is 35.9 Å².